The van der Waals surface area contributed by atoms with E-state index in [1.807, 2.05) is 10.6 Å². The zero-order valence-electron chi connectivity index (χ0n) is 16.6. The van der Waals surface area contributed by atoms with Crippen molar-refractivity contribution in [2.45, 2.75) is 68.6 Å². The van der Waals surface area contributed by atoms with Crippen molar-refractivity contribution in [3.05, 3.63) is 30.1 Å². The van der Waals surface area contributed by atoms with E-state index in [9.17, 15) is 9.18 Å². The molecule has 1 aromatic heterocycles. The van der Waals surface area contributed by atoms with Crippen LogP contribution in [-0.2, 0) is 4.79 Å². The van der Waals surface area contributed by atoms with Crippen molar-refractivity contribution in [3.8, 4) is 11.4 Å². The lowest BCUT2D eigenvalue weighted by molar-refractivity contribution is -0.134. The summed E-state index contributed by atoms with van der Waals surface area (Å²) < 4.78 is 16.4. The van der Waals surface area contributed by atoms with Crippen LogP contribution in [-0.4, -0.2) is 43.9 Å². The third-order valence-corrected chi connectivity index (χ3v) is 7.51. The Bertz CT molecular complexity index is 895. The number of benzene rings is 1. The number of hydrogen-bond acceptors (Lipinski definition) is 4. The topological polar surface area (TPSA) is 51.0 Å². The Kier molecular flexibility index (Phi) is 5.33. The van der Waals surface area contributed by atoms with Crippen molar-refractivity contribution < 1.29 is 9.18 Å². The van der Waals surface area contributed by atoms with Crippen molar-refractivity contribution >= 4 is 17.7 Å². The van der Waals surface area contributed by atoms with E-state index in [1.54, 1.807) is 12.1 Å². The maximum atomic E-state index is 14.3. The van der Waals surface area contributed by atoms with E-state index in [0.717, 1.165) is 37.4 Å². The smallest absolute Gasteiger partial charge is 0.233 e. The van der Waals surface area contributed by atoms with Gasteiger partial charge in [0.15, 0.2) is 11.0 Å². The summed E-state index contributed by atoms with van der Waals surface area (Å²) in [4.78, 5) is 15.2. The summed E-state index contributed by atoms with van der Waals surface area (Å²) in [5.41, 5.74) is 0.478. The molecular formula is C22H27FN4OS. The number of amides is 1. The molecule has 1 saturated heterocycles. The Morgan fingerprint density at radius 3 is 2.69 bits per heavy atom. The molecule has 2 aromatic rings. The molecule has 2 saturated carbocycles. The number of carbonyl (C=O) groups is 1. The van der Waals surface area contributed by atoms with E-state index < -0.39 is 0 Å². The molecule has 0 N–H and O–H groups in total. The molecule has 3 aliphatic rings. The molecule has 5 nitrogen and oxygen atoms in total. The SMILES string of the molecule is O=C(CSc1nnc(-c2ccccc2F)n1C1CC1)N1CCC[C@H]2CCCC[C@H]21. The van der Waals surface area contributed by atoms with Gasteiger partial charge in [0.05, 0.1) is 11.3 Å². The Balaban J connectivity index is 1.32. The van der Waals surface area contributed by atoms with Crippen LogP contribution in [0.1, 0.15) is 57.4 Å². The summed E-state index contributed by atoms with van der Waals surface area (Å²) in [7, 11) is 0. The van der Waals surface area contributed by atoms with Crippen LogP contribution in [0.2, 0.25) is 0 Å². The van der Waals surface area contributed by atoms with E-state index >= 15 is 0 Å². The number of carbonyl (C=O) groups excluding carboxylic acids is 1. The number of thioether (sulfide) groups is 1. The quantitative estimate of drug-likeness (QED) is 0.666. The summed E-state index contributed by atoms with van der Waals surface area (Å²) in [5, 5.41) is 9.36. The summed E-state index contributed by atoms with van der Waals surface area (Å²) in [6, 6.07) is 7.44. The highest BCUT2D eigenvalue weighted by Gasteiger charge is 2.36. The van der Waals surface area contributed by atoms with Crippen molar-refractivity contribution in [1.29, 1.82) is 0 Å². The zero-order chi connectivity index (χ0) is 19.8. The van der Waals surface area contributed by atoms with Crippen LogP contribution in [0.5, 0.6) is 0 Å². The minimum absolute atomic E-state index is 0.212. The van der Waals surface area contributed by atoms with Crippen LogP contribution in [0.25, 0.3) is 11.4 Å². The summed E-state index contributed by atoms with van der Waals surface area (Å²) in [6.45, 7) is 0.885. The number of piperidine rings is 1. The lowest BCUT2D eigenvalue weighted by atomic mass is 9.78. The van der Waals surface area contributed by atoms with Crippen LogP contribution >= 0.6 is 11.8 Å². The maximum absolute atomic E-state index is 14.3. The van der Waals surface area contributed by atoms with Gasteiger partial charge in [-0.3, -0.25) is 9.36 Å². The van der Waals surface area contributed by atoms with Crippen molar-refractivity contribution in [1.82, 2.24) is 19.7 Å². The monoisotopic (exact) mass is 414 g/mol. The number of fused-ring (bicyclic) bond motifs is 1. The molecule has 1 aliphatic heterocycles. The first kappa shape index (κ1) is 19.1. The highest BCUT2D eigenvalue weighted by atomic mass is 32.2. The Morgan fingerprint density at radius 1 is 1.07 bits per heavy atom. The number of hydrogen-bond donors (Lipinski definition) is 0. The number of aromatic nitrogens is 3. The first-order valence-corrected chi connectivity index (χ1v) is 11.8. The molecule has 2 aliphatic carbocycles. The van der Waals surface area contributed by atoms with Gasteiger partial charge in [0.25, 0.3) is 0 Å². The minimum Gasteiger partial charge on any atom is -0.339 e. The summed E-state index contributed by atoms with van der Waals surface area (Å²) in [5.74, 6) is 1.57. The Morgan fingerprint density at radius 2 is 1.86 bits per heavy atom. The third kappa shape index (κ3) is 3.81. The number of rotatable bonds is 5. The van der Waals surface area contributed by atoms with Gasteiger partial charge in [-0.2, -0.15) is 0 Å². The van der Waals surface area contributed by atoms with E-state index in [2.05, 4.69) is 15.1 Å². The first-order valence-electron chi connectivity index (χ1n) is 10.8. The molecule has 1 aromatic carbocycles. The molecule has 0 unspecified atom stereocenters. The van der Waals surface area contributed by atoms with Gasteiger partial charge in [-0.25, -0.2) is 4.39 Å². The molecule has 0 bridgehead atoms. The second-order valence-corrected chi connectivity index (χ2v) is 9.46. The van der Waals surface area contributed by atoms with Gasteiger partial charge in [0, 0.05) is 18.6 Å². The molecular weight excluding hydrogens is 387 g/mol. The van der Waals surface area contributed by atoms with Gasteiger partial charge in [-0.1, -0.05) is 36.7 Å². The highest BCUT2D eigenvalue weighted by molar-refractivity contribution is 7.99. The lowest BCUT2D eigenvalue weighted by Crippen LogP contribution is -2.50. The first-order chi connectivity index (χ1) is 14.2. The second-order valence-electron chi connectivity index (χ2n) is 8.52. The summed E-state index contributed by atoms with van der Waals surface area (Å²) >= 11 is 1.45. The maximum Gasteiger partial charge on any atom is 0.233 e. The standard InChI is InChI=1S/C22H27FN4OS/c23-18-9-3-2-8-17(18)21-24-25-22(27(21)16-11-12-16)29-14-20(28)26-13-5-7-15-6-1-4-10-19(15)26/h2-3,8-9,15-16,19H,1,4-7,10-14H2/t15-,19-/m1/s1. The fourth-order valence-corrected chi connectivity index (χ4v) is 5.90. The van der Waals surface area contributed by atoms with Gasteiger partial charge >= 0.3 is 0 Å². The molecule has 0 spiro atoms. The fraction of sp³-hybridized carbons (Fsp3) is 0.591. The average molecular weight is 415 g/mol. The average Bonchev–Trinajstić information content (AvgIpc) is 3.51. The van der Waals surface area contributed by atoms with Crippen LogP contribution in [0.4, 0.5) is 4.39 Å². The van der Waals surface area contributed by atoms with Gasteiger partial charge in [0.2, 0.25) is 5.91 Å². The molecule has 2 atom stereocenters. The van der Waals surface area contributed by atoms with Gasteiger partial charge in [-0.15, -0.1) is 10.2 Å². The van der Waals surface area contributed by atoms with Crippen molar-refractivity contribution in [2.24, 2.45) is 5.92 Å². The largest absolute Gasteiger partial charge is 0.339 e. The van der Waals surface area contributed by atoms with Gasteiger partial charge in [-0.05, 0) is 56.6 Å². The predicted octanol–water partition coefficient (Wildman–Crippen LogP) is 4.69. The normalized spacial score (nSPS) is 24.4. The second kappa shape index (κ2) is 8.09. The molecule has 154 valence electrons. The Hall–Kier alpha value is -1.89. The molecule has 7 heteroatoms. The molecule has 29 heavy (non-hydrogen) atoms. The van der Waals surface area contributed by atoms with Crippen LogP contribution in [0, 0.1) is 11.7 Å². The minimum atomic E-state index is -0.286. The molecule has 3 fully saturated rings. The molecule has 2 heterocycles. The number of halogens is 1. The Labute approximate surface area is 175 Å². The summed E-state index contributed by atoms with van der Waals surface area (Å²) in [6.07, 6.45) is 9.45. The van der Waals surface area contributed by atoms with E-state index in [-0.39, 0.29) is 11.7 Å². The van der Waals surface area contributed by atoms with Gasteiger partial charge in [0.1, 0.15) is 5.82 Å². The van der Waals surface area contributed by atoms with Crippen molar-refractivity contribution in [2.75, 3.05) is 12.3 Å². The van der Waals surface area contributed by atoms with Crippen LogP contribution in [0.3, 0.4) is 0 Å². The third-order valence-electron chi connectivity index (χ3n) is 6.58. The zero-order valence-corrected chi connectivity index (χ0v) is 17.4. The molecule has 1 amide bonds. The van der Waals surface area contributed by atoms with E-state index in [0.29, 0.717) is 35.1 Å². The number of nitrogens with zero attached hydrogens (tertiary/aromatic N) is 4. The molecule has 0 radical (unpaired) electrons. The predicted molar refractivity (Wildman–Crippen MR) is 111 cm³/mol. The van der Waals surface area contributed by atoms with E-state index in [1.165, 1.54) is 43.5 Å². The van der Waals surface area contributed by atoms with Crippen LogP contribution < -0.4 is 0 Å². The van der Waals surface area contributed by atoms with Crippen LogP contribution in [0.15, 0.2) is 29.4 Å². The molecule has 5 rings (SSSR count). The lowest BCUT2D eigenvalue weighted by Gasteiger charge is -2.44. The van der Waals surface area contributed by atoms with Crippen molar-refractivity contribution in [3.63, 3.8) is 0 Å². The van der Waals surface area contributed by atoms with Gasteiger partial charge < -0.3 is 4.90 Å². The number of likely N-dealkylation sites (tertiary alicyclic amines) is 1. The fourth-order valence-electron chi connectivity index (χ4n) is 5.01. The highest BCUT2D eigenvalue weighted by Crippen LogP contribution is 2.42. The van der Waals surface area contributed by atoms with E-state index in [4.69, 9.17) is 0 Å².